The van der Waals surface area contributed by atoms with Gasteiger partial charge in [-0.2, -0.15) is 0 Å². The van der Waals surface area contributed by atoms with Gasteiger partial charge in [-0.25, -0.2) is 0 Å². The number of aliphatic hydroxyl groups excluding tert-OH is 1. The average molecular weight is 293 g/mol. The summed E-state index contributed by atoms with van der Waals surface area (Å²) in [5.41, 5.74) is 1.66. The zero-order valence-corrected chi connectivity index (χ0v) is 12.8. The second kappa shape index (κ2) is 7.02. The number of ether oxygens (including phenoxy) is 2. The molecule has 5 heteroatoms. The molecule has 21 heavy (non-hydrogen) atoms. The van der Waals surface area contributed by atoms with Crippen molar-refractivity contribution in [2.45, 2.75) is 26.1 Å². The van der Waals surface area contributed by atoms with Crippen LogP contribution in [0.2, 0.25) is 0 Å². The summed E-state index contributed by atoms with van der Waals surface area (Å²) in [6.45, 7) is 5.46. The third kappa shape index (κ3) is 4.03. The molecular weight excluding hydrogens is 270 g/mol. The van der Waals surface area contributed by atoms with Crippen molar-refractivity contribution in [2.75, 3.05) is 33.4 Å². The average Bonchev–Trinajstić information content (AvgIpc) is 2.46. The standard InChI is InChI=1S/C16H23NO4/c1-11-4-5-14(16(6-11)20-3)15(19)9-17-7-12(2)21-13(8-17)10-18/h4-6,12-13,18H,7-10H2,1-3H3. The van der Waals surface area contributed by atoms with Gasteiger partial charge in [0.25, 0.3) is 0 Å². The van der Waals surface area contributed by atoms with Gasteiger partial charge in [-0.1, -0.05) is 6.07 Å². The monoisotopic (exact) mass is 293 g/mol. The Morgan fingerprint density at radius 3 is 2.90 bits per heavy atom. The molecule has 0 aliphatic carbocycles. The van der Waals surface area contributed by atoms with Gasteiger partial charge >= 0.3 is 0 Å². The van der Waals surface area contributed by atoms with Gasteiger partial charge in [-0.05, 0) is 31.5 Å². The molecule has 1 aromatic carbocycles. The number of carbonyl (C=O) groups is 1. The summed E-state index contributed by atoms with van der Waals surface area (Å²) in [7, 11) is 1.57. The van der Waals surface area contributed by atoms with Gasteiger partial charge in [-0.15, -0.1) is 0 Å². The van der Waals surface area contributed by atoms with Crippen LogP contribution in [0.15, 0.2) is 18.2 Å². The van der Waals surface area contributed by atoms with Crippen molar-refractivity contribution < 1.29 is 19.4 Å². The summed E-state index contributed by atoms with van der Waals surface area (Å²) in [5, 5.41) is 9.23. The molecule has 0 bridgehead atoms. The summed E-state index contributed by atoms with van der Waals surface area (Å²) < 4.78 is 10.9. The molecule has 1 heterocycles. The lowest BCUT2D eigenvalue weighted by molar-refractivity contribution is -0.0926. The van der Waals surface area contributed by atoms with Crippen LogP contribution in [0.5, 0.6) is 5.75 Å². The number of nitrogens with zero attached hydrogens (tertiary/aromatic N) is 1. The van der Waals surface area contributed by atoms with E-state index in [1.54, 1.807) is 7.11 Å². The SMILES string of the molecule is COc1cc(C)ccc1C(=O)CN1CC(C)OC(CO)C1. The fourth-order valence-corrected chi connectivity index (χ4v) is 2.69. The molecule has 1 fully saturated rings. The molecule has 5 nitrogen and oxygen atoms in total. The molecule has 1 N–H and O–H groups in total. The molecule has 1 saturated heterocycles. The Kier molecular flexibility index (Phi) is 5.33. The lowest BCUT2D eigenvalue weighted by Gasteiger charge is -2.35. The molecule has 2 unspecified atom stereocenters. The molecule has 0 amide bonds. The highest BCUT2D eigenvalue weighted by Gasteiger charge is 2.26. The molecule has 0 aromatic heterocycles. The van der Waals surface area contributed by atoms with Gasteiger partial charge in [0.05, 0.1) is 38.0 Å². The quantitative estimate of drug-likeness (QED) is 0.829. The number of ketones is 1. The number of hydrogen-bond donors (Lipinski definition) is 1. The zero-order valence-electron chi connectivity index (χ0n) is 12.8. The maximum Gasteiger partial charge on any atom is 0.180 e. The van der Waals surface area contributed by atoms with Crippen LogP contribution in [-0.4, -0.2) is 61.3 Å². The number of rotatable bonds is 5. The molecular formula is C16H23NO4. The Bertz CT molecular complexity index is 503. The second-order valence-electron chi connectivity index (χ2n) is 5.57. The highest BCUT2D eigenvalue weighted by Crippen LogP contribution is 2.21. The Morgan fingerprint density at radius 2 is 2.24 bits per heavy atom. The minimum Gasteiger partial charge on any atom is -0.496 e. The highest BCUT2D eigenvalue weighted by atomic mass is 16.5. The fourth-order valence-electron chi connectivity index (χ4n) is 2.69. The van der Waals surface area contributed by atoms with E-state index < -0.39 is 0 Å². The van der Waals surface area contributed by atoms with E-state index in [1.165, 1.54) is 0 Å². The van der Waals surface area contributed by atoms with Crippen molar-refractivity contribution in [2.24, 2.45) is 0 Å². The van der Waals surface area contributed by atoms with E-state index in [0.717, 1.165) is 5.56 Å². The van der Waals surface area contributed by atoms with E-state index in [9.17, 15) is 9.90 Å². The van der Waals surface area contributed by atoms with Crippen LogP contribution in [0.25, 0.3) is 0 Å². The van der Waals surface area contributed by atoms with Crippen LogP contribution in [0.3, 0.4) is 0 Å². The number of morpholine rings is 1. The van der Waals surface area contributed by atoms with Gasteiger partial charge in [0.2, 0.25) is 0 Å². The predicted octanol–water partition coefficient (Wildman–Crippen LogP) is 1.27. The normalized spacial score (nSPS) is 23.0. The van der Waals surface area contributed by atoms with Crippen LogP contribution in [-0.2, 0) is 4.74 Å². The van der Waals surface area contributed by atoms with Crippen molar-refractivity contribution >= 4 is 5.78 Å². The zero-order chi connectivity index (χ0) is 15.4. The minimum atomic E-state index is -0.221. The lowest BCUT2D eigenvalue weighted by atomic mass is 10.1. The first-order valence-electron chi connectivity index (χ1n) is 7.20. The Labute approximate surface area is 125 Å². The Balaban J connectivity index is 2.07. The summed E-state index contributed by atoms with van der Waals surface area (Å²) in [5.74, 6) is 0.637. The highest BCUT2D eigenvalue weighted by molar-refractivity contribution is 6.00. The number of hydrogen-bond acceptors (Lipinski definition) is 5. The number of Topliss-reactive ketones (excluding diaryl/α,β-unsaturated/α-hetero) is 1. The minimum absolute atomic E-state index is 0.0172. The van der Waals surface area contributed by atoms with Crippen LogP contribution >= 0.6 is 0 Å². The molecule has 1 aromatic rings. The van der Waals surface area contributed by atoms with Gasteiger partial charge in [-0.3, -0.25) is 9.69 Å². The first kappa shape index (κ1) is 15.9. The number of aliphatic hydroxyl groups is 1. The number of methoxy groups -OCH3 is 1. The molecule has 116 valence electrons. The van der Waals surface area contributed by atoms with E-state index >= 15 is 0 Å². The van der Waals surface area contributed by atoms with Crippen LogP contribution < -0.4 is 4.74 Å². The van der Waals surface area contributed by atoms with Crippen LogP contribution in [0.1, 0.15) is 22.8 Å². The van der Waals surface area contributed by atoms with E-state index in [4.69, 9.17) is 9.47 Å². The third-order valence-corrected chi connectivity index (χ3v) is 3.63. The van der Waals surface area contributed by atoms with E-state index in [-0.39, 0.29) is 24.6 Å². The van der Waals surface area contributed by atoms with Crippen molar-refractivity contribution in [1.82, 2.24) is 4.90 Å². The number of benzene rings is 1. The predicted molar refractivity (Wildman–Crippen MR) is 79.9 cm³/mol. The Hall–Kier alpha value is -1.43. The Morgan fingerprint density at radius 1 is 1.48 bits per heavy atom. The number of aryl methyl sites for hydroxylation is 1. The summed E-state index contributed by atoms with van der Waals surface area (Å²) in [6, 6.07) is 5.59. The maximum atomic E-state index is 12.5. The second-order valence-corrected chi connectivity index (χ2v) is 5.57. The van der Waals surface area contributed by atoms with E-state index in [1.807, 2.05) is 36.9 Å². The van der Waals surface area contributed by atoms with Crippen LogP contribution in [0.4, 0.5) is 0 Å². The fraction of sp³-hybridized carbons (Fsp3) is 0.562. The first-order chi connectivity index (χ1) is 10.0. The smallest absolute Gasteiger partial charge is 0.180 e. The topological polar surface area (TPSA) is 59.0 Å². The van der Waals surface area contributed by atoms with Crippen molar-refractivity contribution in [3.05, 3.63) is 29.3 Å². The van der Waals surface area contributed by atoms with Crippen molar-refractivity contribution in [3.8, 4) is 5.75 Å². The maximum absolute atomic E-state index is 12.5. The molecule has 0 spiro atoms. The molecule has 2 atom stereocenters. The van der Waals surface area contributed by atoms with Gasteiger partial charge in [0, 0.05) is 13.1 Å². The summed E-state index contributed by atoms with van der Waals surface area (Å²) in [6.07, 6.45) is -0.204. The van der Waals surface area contributed by atoms with Gasteiger partial charge < -0.3 is 14.6 Å². The van der Waals surface area contributed by atoms with Gasteiger partial charge in [0.15, 0.2) is 5.78 Å². The van der Waals surface area contributed by atoms with Crippen LogP contribution in [0, 0.1) is 6.92 Å². The number of carbonyl (C=O) groups excluding carboxylic acids is 1. The van der Waals surface area contributed by atoms with Gasteiger partial charge in [0.1, 0.15) is 5.75 Å². The summed E-state index contributed by atoms with van der Waals surface area (Å²) in [4.78, 5) is 14.5. The van der Waals surface area contributed by atoms with Crippen molar-refractivity contribution in [3.63, 3.8) is 0 Å². The molecule has 2 rings (SSSR count). The van der Waals surface area contributed by atoms with E-state index in [0.29, 0.717) is 30.9 Å². The van der Waals surface area contributed by atoms with E-state index in [2.05, 4.69) is 0 Å². The van der Waals surface area contributed by atoms with Crippen molar-refractivity contribution in [1.29, 1.82) is 0 Å². The first-order valence-corrected chi connectivity index (χ1v) is 7.20. The third-order valence-electron chi connectivity index (χ3n) is 3.63. The summed E-state index contributed by atoms with van der Waals surface area (Å²) >= 11 is 0. The molecule has 1 aliphatic heterocycles. The molecule has 1 aliphatic rings. The molecule has 0 saturated carbocycles. The lowest BCUT2D eigenvalue weighted by Crippen LogP contribution is -2.49. The molecule has 0 radical (unpaired) electrons. The largest absolute Gasteiger partial charge is 0.496 e.